The van der Waals surface area contributed by atoms with Gasteiger partial charge in [0.15, 0.2) is 0 Å². The van der Waals surface area contributed by atoms with Gasteiger partial charge in [-0.3, -0.25) is 4.98 Å². The number of hydrogen-bond donors (Lipinski definition) is 1. The van der Waals surface area contributed by atoms with E-state index in [0.29, 0.717) is 6.54 Å². The van der Waals surface area contributed by atoms with Gasteiger partial charge in [-0.15, -0.1) is 0 Å². The number of halogens is 2. The first-order valence-electron chi connectivity index (χ1n) is 5.75. The highest BCUT2D eigenvalue weighted by atomic mass is 35.5. The van der Waals surface area contributed by atoms with Crippen LogP contribution in [0.5, 0.6) is 0 Å². The number of benzene rings is 1. The van der Waals surface area contributed by atoms with Gasteiger partial charge in [-0.05, 0) is 30.7 Å². The first-order valence-corrected chi connectivity index (χ1v) is 6.13. The number of aromatic nitrogens is 1. The Morgan fingerprint density at radius 3 is 2.72 bits per heavy atom. The molecule has 1 atom stereocenters. The van der Waals surface area contributed by atoms with Crippen LogP contribution in [0.25, 0.3) is 0 Å². The molecule has 1 heterocycles. The quantitative estimate of drug-likeness (QED) is 0.910. The molecule has 2 aromatic rings. The molecular weight excluding hydrogens is 251 g/mol. The normalized spacial score (nSPS) is 12.4. The van der Waals surface area contributed by atoms with E-state index in [1.807, 2.05) is 31.2 Å². The molecule has 0 bridgehead atoms. The summed E-state index contributed by atoms with van der Waals surface area (Å²) in [5, 5.41) is 4.05. The monoisotopic (exact) mass is 264 g/mol. The fraction of sp³-hybridized carbons (Fsp3) is 0.214. The summed E-state index contributed by atoms with van der Waals surface area (Å²) in [5.41, 5.74) is 1.84. The summed E-state index contributed by atoms with van der Waals surface area (Å²) < 4.78 is 12.8. The average molecular weight is 265 g/mol. The van der Waals surface area contributed by atoms with Crippen molar-refractivity contribution in [3.8, 4) is 0 Å². The lowest BCUT2D eigenvalue weighted by Crippen LogP contribution is -2.19. The highest BCUT2D eigenvalue weighted by Crippen LogP contribution is 2.16. The molecule has 1 aromatic heterocycles. The Kier molecular flexibility index (Phi) is 4.28. The van der Waals surface area contributed by atoms with Crippen LogP contribution in [0.3, 0.4) is 0 Å². The van der Waals surface area contributed by atoms with Crippen LogP contribution >= 0.6 is 11.6 Å². The number of hydrogen-bond acceptors (Lipinski definition) is 2. The minimum atomic E-state index is -0.322. The number of pyridine rings is 1. The van der Waals surface area contributed by atoms with Crippen LogP contribution < -0.4 is 5.32 Å². The average Bonchev–Trinajstić information content (AvgIpc) is 2.38. The Morgan fingerprint density at radius 1 is 1.28 bits per heavy atom. The second-order valence-corrected chi connectivity index (χ2v) is 4.50. The van der Waals surface area contributed by atoms with Crippen LogP contribution in [0.2, 0.25) is 5.02 Å². The first kappa shape index (κ1) is 13.0. The maximum absolute atomic E-state index is 12.8. The van der Waals surface area contributed by atoms with Crippen molar-refractivity contribution in [2.45, 2.75) is 19.5 Å². The fourth-order valence-electron chi connectivity index (χ4n) is 1.65. The molecule has 0 amide bonds. The van der Waals surface area contributed by atoms with Crippen molar-refractivity contribution < 1.29 is 4.39 Å². The molecule has 94 valence electrons. The molecule has 2 nitrogen and oxygen atoms in total. The van der Waals surface area contributed by atoms with Gasteiger partial charge in [0, 0.05) is 17.6 Å². The van der Waals surface area contributed by atoms with Crippen molar-refractivity contribution in [1.29, 1.82) is 0 Å². The highest BCUT2D eigenvalue weighted by Gasteiger charge is 2.07. The van der Waals surface area contributed by atoms with Crippen LogP contribution in [-0.4, -0.2) is 4.98 Å². The van der Waals surface area contributed by atoms with Gasteiger partial charge in [-0.2, -0.15) is 0 Å². The van der Waals surface area contributed by atoms with E-state index in [2.05, 4.69) is 10.3 Å². The van der Waals surface area contributed by atoms with Crippen LogP contribution in [0.4, 0.5) is 4.39 Å². The van der Waals surface area contributed by atoms with Gasteiger partial charge in [-0.1, -0.05) is 29.8 Å². The maximum atomic E-state index is 12.8. The Balaban J connectivity index is 1.98. The molecule has 0 aliphatic carbocycles. The third-order valence-corrected chi connectivity index (χ3v) is 3.12. The molecule has 0 saturated heterocycles. The van der Waals surface area contributed by atoms with Crippen molar-refractivity contribution in [2.75, 3.05) is 0 Å². The smallest absolute Gasteiger partial charge is 0.141 e. The van der Waals surface area contributed by atoms with E-state index in [1.54, 1.807) is 6.07 Å². The topological polar surface area (TPSA) is 24.9 Å². The van der Waals surface area contributed by atoms with Crippen LogP contribution in [0, 0.1) is 5.82 Å². The number of nitrogens with zero attached hydrogens (tertiary/aromatic N) is 1. The van der Waals surface area contributed by atoms with Crippen molar-refractivity contribution in [1.82, 2.24) is 10.3 Å². The van der Waals surface area contributed by atoms with E-state index in [4.69, 9.17) is 11.6 Å². The minimum absolute atomic E-state index is 0.0434. The Labute approximate surface area is 111 Å². The Morgan fingerprint density at radius 2 is 2.06 bits per heavy atom. The molecule has 0 aliphatic rings. The summed E-state index contributed by atoms with van der Waals surface area (Å²) in [7, 11) is 0. The zero-order valence-corrected chi connectivity index (χ0v) is 10.8. The van der Waals surface area contributed by atoms with Gasteiger partial charge in [-0.25, -0.2) is 4.39 Å². The van der Waals surface area contributed by atoms with Gasteiger partial charge in [0.05, 0.1) is 11.9 Å². The Hall–Kier alpha value is -1.45. The summed E-state index contributed by atoms with van der Waals surface area (Å²) in [6, 6.07) is 10.8. The van der Waals surface area contributed by atoms with E-state index >= 15 is 0 Å². The van der Waals surface area contributed by atoms with Crippen LogP contribution in [0.1, 0.15) is 24.2 Å². The molecule has 2 rings (SSSR count). The van der Waals surface area contributed by atoms with Crippen molar-refractivity contribution >= 4 is 11.6 Å². The van der Waals surface area contributed by atoms with Gasteiger partial charge in [0.25, 0.3) is 0 Å². The summed E-state index contributed by atoms with van der Waals surface area (Å²) in [6.07, 6.45) is 1.23. The van der Waals surface area contributed by atoms with Gasteiger partial charge < -0.3 is 5.32 Å². The second kappa shape index (κ2) is 5.94. The predicted octanol–water partition coefficient (Wildman–Crippen LogP) is 3.72. The fourth-order valence-corrected chi connectivity index (χ4v) is 1.86. The zero-order chi connectivity index (χ0) is 13.0. The molecule has 0 aliphatic heterocycles. The highest BCUT2D eigenvalue weighted by molar-refractivity contribution is 6.31. The SMILES string of the molecule is CC(NCc1ccccc1Cl)c1ccc(F)cn1. The van der Waals surface area contributed by atoms with Gasteiger partial charge in [0.2, 0.25) is 0 Å². The maximum Gasteiger partial charge on any atom is 0.141 e. The molecule has 0 spiro atoms. The predicted molar refractivity (Wildman–Crippen MR) is 70.9 cm³/mol. The molecule has 0 radical (unpaired) electrons. The lowest BCUT2D eigenvalue weighted by atomic mass is 10.2. The standard InChI is InChI=1S/C14H14ClFN2/c1-10(14-7-6-12(16)9-18-14)17-8-11-4-2-3-5-13(11)15/h2-7,9-10,17H,8H2,1H3. The van der Waals surface area contributed by atoms with E-state index in [1.165, 1.54) is 12.3 Å². The summed E-state index contributed by atoms with van der Waals surface area (Å²) in [6.45, 7) is 2.64. The zero-order valence-electron chi connectivity index (χ0n) is 10.0. The van der Waals surface area contributed by atoms with Gasteiger partial charge >= 0.3 is 0 Å². The largest absolute Gasteiger partial charge is 0.305 e. The molecule has 4 heteroatoms. The molecule has 1 unspecified atom stereocenters. The first-order chi connectivity index (χ1) is 8.66. The van der Waals surface area contributed by atoms with E-state index in [9.17, 15) is 4.39 Å². The van der Waals surface area contributed by atoms with Crippen molar-refractivity contribution in [3.63, 3.8) is 0 Å². The lowest BCUT2D eigenvalue weighted by molar-refractivity contribution is 0.554. The van der Waals surface area contributed by atoms with Crippen molar-refractivity contribution in [2.24, 2.45) is 0 Å². The van der Waals surface area contributed by atoms with Crippen molar-refractivity contribution in [3.05, 3.63) is 64.7 Å². The van der Waals surface area contributed by atoms with Crippen LogP contribution in [0.15, 0.2) is 42.6 Å². The summed E-state index contributed by atoms with van der Waals surface area (Å²) in [4.78, 5) is 4.04. The van der Waals surface area contributed by atoms with E-state index < -0.39 is 0 Å². The van der Waals surface area contributed by atoms with Gasteiger partial charge in [0.1, 0.15) is 5.82 Å². The van der Waals surface area contributed by atoms with E-state index in [0.717, 1.165) is 16.3 Å². The minimum Gasteiger partial charge on any atom is -0.305 e. The lowest BCUT2D eigenvalue weighted by Gasteiger charge is -2.13. The van der Waals surface area contributed by atoms with Crippen LogP contribution in [-0.2, 0) is 6.54 Å². The Bertz CT molecular complexity index is 513. The second-order valence-electron chi connectivity index (χ2n) is 4.10. The molecule has 0 fully saturated rings. The summed E-state index contributed by atoms with van der Waals surface area (Å²) >= 11 is 6.07. The molecule has 1 aromatic carbocycles. The van der Waals surface area contributed by atoms with E-state index in [-0.39, 0.29) is 11.9 Å². The third-order valence-electron chi connectivity index (χ3n) is 2.75. The molecular formula is C14H14ClFN2. The molecule has 1 N–H and O–H groups in total. The number of nitrogens with one attached hydrogen (secondary N) is 1. The molecule has 0 saturated carbocycles. The number of rotatable bonds is 4. The third kappa shape index (κ3) is 3.28. The molecule has 18 heavy (non-hydrogen) atoms. The summed E-state index contributed by atoms with van der Waals surface area (Å²) in [5.74, 6) is -0.322.